The van der Waals surface area contributed by atoms with Crippen LogP contribution in [0.25, 0.3) is 0 Å². The Morgan fingerprint density at radius 3 is 2.53 bits per heavy atom. The Labute approximate surface area is 107 Å². The third kappa shape index (κ3) is 3.49. The molecule has 0 bridgehead atoms. The molecule has 0 heterocycles. The van der Waals surface area contributed by atoms with E-state index in [-0.39, 0.29) is 16.9 Å². The predicted molar refractivity (Wildman–Crippen MR) is 64.9 cm³/mol. The fraction of sp³-hybridized carbons (Fsp3) is 0.417. The van der Waals surface area contributed by atoms with Gasteiger partial charge in [0.1, 0.15) is 11.5 Å². The van der Waals surface area contributed by atoms with Gasteiger partial charge in [-0.3, -0.25) is 4.79 Å². The number of carbonyl (C=O) groups excluding carboxylic acids is 1. The minimum Gasteiger partial charge on any atom is -0.494 e. The van der Waals surface area contributed by atoms with Gasteiger partial charge in [0.25, 0.3) is 6.43 Å². The van der Waals surface area contributed by atoms with Gasteiger partial charge in [-0.1, -0.05) is 22.0 Å². The maximum Gasteiger partial charge on any atom is 0.264 e. The van der Waals surface area contributed by atoms with Gasteiger partial charge < -0.3 is 4.74 Å². The smallest absolute Gasteiger partial charge is 0.264 e. The molecular formula is C12H13BrF2O2. The summed E-state index contributed by atoms with van der Waals surface area (Å²) in [5.41, 5.74) is 0.115. The second-order valence-electron chi connectivity index (χ2n) is 3.50. The van der Waals surface area contributed by atoms with Gasteiger partial charge >= 0.3 is 0 Å². The molecule has 0 N–H and O–H groups in total. The Morgan fingerprint density at radius 1 is 1.41 bits per heavy atom. The van der Waals surface area contributed by atoms with Crippen molar-refractivity contribution in [1.82, 2.24) is 0 Å². The van der Waals surface area contributed by atoms with Crippen LogP contribution in [0.2, 0.25) is 0 Å². The number of rotatable bonds is 5. The lowest BCUT2D eigenvalue weighted by Gasteiger charge is -2.14. The molecule has 1 aromatic carbocycles. The fourth-order valence-corrected chi connectivity index (χ4v) is 1.87. The summed E-state index contributed by atoms with van der Waals surface area (Å²) in [5.74, 6) is 0.172. The van der Waals surface area contributed by atoms with Gasteiger partial charge in [-0.05, 0) is 31.5 Å². The lowest BCUT2D eigenvalue weighted by Crippen LogP contribution is -2.06. The van der Waals surface area contributed by atoms with Crippen LogP contribution in [0.3, 0.4) is 0 Å². The maximum atomic E-state index is 12.9. The molecule has 0 aliphatic carbocycles. The van der Waals surface area contributed by atoms with E-state index >= 15 is 0 Å². The lowest BCUT2D eigenvalue weighted by molar-refractivity contribution is -0.116. The van der Waals surface area contributed by atoms with E-state index in [1.54, 1.807) is 13.0 Å². The number of ketones is 1. The van der Waals surface area contributed by atoms with Crippen LogP contribution in [-0.2, 0) is 4.79 Å². The van der Waals surface area contributed by atoms with E-state index in [9.17, 15) is 13.6 Å². The lowest BCUT2D eigenvalue weighted by atomic mass is 10.0. The van der Waals surface area contributed by atoms with Gasteiger partial charge in [0.2, 0.25) is 0 Å². The zero-order chi connectivity index (χ0) is 13.0. The summed E-state index contributed by atoms with van der Waals surface area (Å²) in [6, 6.07) is 4.36. The molecule has 17 heavy (non-hydrogen) atoms. The molecule has 0 amide bonds. The molecule has 5 heteroatoms. The number of hydrogen-bond acceptors (Lipinski definition) is 2. The van der Waals surface area contributed by atoms with Gasteiger partial charge in [-0.25, -0.2) is 8.78 Å². The highest BCUT2D eigenvalue weighted by molar-refractivity contribution is 9.09. The maximum absolute atomic E-state index is 12.9. The first-order chi connectivity index (χ1) is 7.97. The third-order valence-corrected chi connectivity index (χ3v) is 3.37. The average Bonchev–Trinajstić information content (AvgIpc) is 2.28. The monoisotopic (exact) mass is 306 g/mol. The van der Waals surface area contributed by atoms with Crippen molar-refractivity contribution in [2.45, 2.75) is 25.1 Å². The summed E-state index contributed by atoms with van der Waals surface area (Å²) >= 11 is 3.11. The SMILES string of the molecule is CCOc1ccc(C(Br)C(C)=O)c(C(F)F)c1. The summed E-state index contributed by atoms with van der Waals surface area (Å²) in [4.78, 5) is 10.5. The Balaban J connectivity index is 3.17. The van der Waals surface area contributed by atoms with Crippen molar-refractivity contribution in [3.05, 3.63) is 29.3 Å². The van der Waals surface area contributed by atoms with Gasteiger partial charge in [0, 0.05) is 5.56 Å². The standard InChI is InChI=1S/C12H13BrF2O2/c1-3-17-8-4-5-9(11(13)7(2)16)10(6-8)12(14)15/h4-6,11-12H,3H2,1-2H3. The molecule has 0 aliphatic rings. The molecule has 0 aliphatic heterocycles. The molecule has 1 rings (SSSR count). The molecule has 0 spiro atoms. The molecular weight excluding hydrogens is 294 g/mol. The van der Waals surface area contributed by atoms with Crippen molar-refractivity contribution in [3.8, 4) is 5.75 Å². The highest BCUT2D eigenvalue weighted by atomic mass is 79.9. The van der Waals surface area contributed by atoms with Gasteiger partial charge in [0.15, 0.2) is 0 Å². The van der Waals surface area contributed by atoms with Crippen molar-refractivity contribution in [2.24, 2.45) is 0 Å². The first kappa shape index (κ1) is 14.1. The summed E-state index contributed by atoms with van der Waals surface area (Å²) in [6.45, 7) is 3.54. The highest BCUT2D eigenvalue weighted by Gasteiger charge is 2.22. The first-order valence-corrected chi connectivity index (χ1v) is 6.08. The molecule has 0 aromatic heterocycles. The molecule has 0 fully saturated rings. The molecule has 94 valence electrons. The molecule has 0 saturated heterocycles. The van der Waals surface area contributed by atoms with E-state index < -0.39 is 11.3 Å². The Hall–Kier alpha value is -0.970. The van der Waals surface area contributed by atoms with Crippen LogP contribution in [0.5, 0.6) is 5.75 Å². The van der Waals surface area contributed by atoms with Crippen LogP contribution in [0.15, 0.2) is 18.2 Å². The third-order valence-electron chi connectivity index (χ3n) is 2.23. The molecule has 1 unspecified atom stereocenters. The van der Waals surface area contributed by atoms with E-state index in [2.05, 4.69) is 15.9 Å². The van der Waals surface area contributed by atoms with Gasteiger partial charge in [0.05, 0.1) is 11.4 Å². The van der Waals surface area contributed by atoms with Gasteiger partial charge in [-0.2, -0.15) is 0 Å². The quantitative estimate of drug-likeness (QED) is 0.767. The van der Waals surface area contributed by atoms with E-state index in [4.69, 9.17) is 4.74 Å². The van der Waals surface area contributed by atoms with Crippen LogP contribution < -0.4 is 4.74 Å². The van der Waals surface area contributed by atoms with E-state index in [0.29, 0.717) is 12.4 Å². The first-order valence-electron chi connectivity index (χ1n) is 5.16. The second kappa shape index (κ2) is 6.10. The summed E-state index contributed by atoms with van der Waals surface area (Å²) in [5, 5.41) is 0. The Bertz CT molecular complexity index is 407. The summed E-state index contributed by atoms with van der Waals surface area (Å²) < 4.78 is 30.9. The van der Waals surface area contributed by atoms with E-state index in [0.717, 1.165) is 0 Å². The Kier molecular flexibility index (Phi) is 5.05. The van der Waals surface area contributed by atoms with E-state index in [1.165, 1.54) is 19.1 Å². The number of carbonyl (C=O) groups is 1. The fourth-order valence-electron chi connectivity index (χ4n) is 1.45. The largest absolute Gasteiger partial charge is 0.494 e. The summed E-state index contributed by atoms with van der Waals surface area (Å²) in [7, 11) is 0. The zero-order valence-electron chi connectivity index (χ0n) is 9.54. The summed E-state index contributed by atoms with van der Waals surface area (Å²) in [6.07, 6.45) is -2.63. The van der Waals surface area contributed by atoms with Crippen molar-refractivity contribution < 1.29 is 18.3 Å². The Morgan fingerprint density at radius 2 is 2.06 bits per heavy atom. The number of alkyl halides is 3. The topological polar surface area (TPSA) is 26.3 Å². The molecule has 0 saturated carbocycles. The van der Waals surface area contributed by atoms with Crippen LogP contribution in [0.4, 0.5) is 8.78 Å². The number of hydrogen-bond donors (Lipinski definition) is 0. The van der Waals surface area contributed by atoms with Gasteiger partial charge in [-0.15, -0.1) is 0 Å². The number of ether oxygens (including phenoxy) is 1. The van der Waals surface area contributed by atoms with Crippen molar-refractivity contribution in [1.29, 1.82) is 0 Å². The minimum absolute atomic E-state index is 0.173. The molecule has 1 atom stereocenters. The van der Waals surface area contributed by atoms with Crippen LogP contribution >= 0.6 is 15.9 Å². The van der Waals surface area contributed by atoms with Crippen LogP contribution in [0.1, 0.15) is 36.2 Å². The predicted octanol–water partition coefficient (Wildman–Crippen LogP) is 4.05. The molecule has 0 radical (unpaired) electrons. The van der Waals surface area contributed by atoms with Crippen LogP contribution in [-0.4, -0.2) is 12.4 Å². The van der Waals surface area contributed by atoms with Crippen LogP contribution in [0, 0.1) is 0 Å². The second-order valence-corrected chi connectivity index (χ2v) is 4.41. The molecule has 1 aromatic rings. The van der Waals surface area contributed by atoms with Crippen molar-refractivity contribution >= 4 is 21.7 Å². The number of Topliss-reactive ketones (excluding diaryl/α,β-unsaturated/α-hetero) is 1. The highest BCUT2D eigenvalue weighted by Crippen LogP contribution is 2.34. The normalized spacial score (nSPS) is 12.6. The minimum atomic E-state index is -2.63. The number of benzene rings is 1. The average molecular weight is 307 g/mol. The van der Waals surface area contributed by atoms with Crippen molar-refractivity contribution in [3.63, 3.8) is 0 Å². The molecule has 2 nitrogen and oxygen atoms in total. The zero-order valence-corrected chi connectivity index (χ0v) is 11.1. The number of halogens is 3. The van der Waals surface area contributed by atoms with E-state index in [1.807, 2.05) is 0 Å². The van der Waals surface area contributed by atoms with Crippen molar-refractivity contribution in [2.75, 3.05) is 6.61 Å².